The summed E-state index contributed by atoms with van der Waals surface area (Å²) in [6.45, 7) is 6.34. The lowest BCUT2D eigenvalue weighted by atomic mass is 9.91. The van der Waals surface area contributed by atoms with Crippen LogP contribution in [0.15, 0.2) is 0 Å². The molecule has 1 aliphatic rings. The number of methoxy groups -OCH3 is 1. The molecule has 15 heavy (non-hydrogen) atoms. The van der Waals surface area contributed by atoms with Gasteiger partial charge in [0.05, 0.1) is 11.7 Å². The van der Waals surface area contributed by atoms with Gasteiger partial charge >= 0.3 is 0 Å². The average Bonchev–Trinajstić information content (AvgIpc) is 2.63. The van der Waals surface area contributed by atoms with Gasteiger partial charge in [0.2, 0.25) is 0 Å². The Morgan fingerprint density at radius 2 is 2.20 bits per heavy atom. The third-order valence-electron chi connectivity index (χ3n) is 3.53. The van der Waals surface area contributed by atoms with Crippen molar-refractivity contribution in [3.05, 3.63) is 0 Å². The molecule has 1 N–H and O–H groups in total. The Morgan fingerprint density at radius 1 is 1.53 bits per heavy atom. The van der Waals surface area contributed by atoms with E-state index in [4.69, 9.17) is 4.74 Å². The first-order valence-electron chi connectivity index (χ1n) is 5.77. The largest absolute Gasteiger partial charge is 0.392 e. The molecule has 2 nitrogen and oxygen atoms in total. The van der Waals surface area contributed by atoms with E-state index in [9.17, 15) is 5.11 Å². The molecule has 1 saturated heterocycles. The van der Waals surface area contributed by atoms with Crippen molar-refractivity contribution in [2.75, 3.05) is 12.9 Å². The van der Waals surface area contributed by atoms with Crippen molar-refractivity contribution in [1.29, 1.82) is 0 Å². The van der Waals surface area contributed by atoms with Gasteiger partial charge in [-0.3, -0.25) is 0 Å². The number of rotatable bonds is 5. The first-order valence-corrected chi connectivity index (χ1v) is 6.75. The summed E-state index contributed by atoms with van der Waals surface area (Å²) in [5.41, 5.74) is -0.111. The van der Waals surface area contributed by atoms with Gasteiger partial charge in [0.25, 0.3) is 0 Å². The topological polar surface area (TPSA) is 29.5 Å². The smallest absolute Gasteiger partial charge is 0.0685 e. The summed E-state index contributed by atoms with van der Waals surface area (Å²) in [5, 5.41) is 10.2. The van der Waals surface area contributed by atoms with Gasteiger partial charge in [-0.05, 0) is 52.2 Å². The Bertz CT molecular complexity index is 198. The van der Waals surface area contributed by atoms with Crippen LogP contribution < -0.4 is 0 Å². The molecule has 1 heterocycles. The standard InChI is InChI=1S/C12H24O2S/c1-11(2,14-4)8-6-10(13)12(3)7-5-9-15-12/h10,13H,5-9H2,1-4H3. The SMILES string of the molecule is COC(C)(C)CCC(O)C1(C)CCCS1. The maximum absolute atomic E-state index is 10.2. The quantitative estimate of drug-likeness (QED) is 0.790. The normalized spacial score (nSPS) is 29.4. The fourth-order valence-electron chi connectivity index (χ4n) is 1.96. The molecule has 90 valence electrons. The van der Waals surface area contributed by atoms with Crippen LogP contribution in [0, 0.1) is 0 Å². The van der Waals surface area contributed by atoms with Gasteiger partial charge in [0.15, 0.2) is 0 Å². The molecule has 0 aliphatic carbocycles. The number of ether oxygens (including phenoxy) is 1. The Kier molecular flexibility index (Phi) is 4.50. The lowest BCUT2D eigenvalue weighted by Gasteiger charge is -2.32. The van der Waals surface area contributed by atoms with Crippen molar-refractivity contribution in [3.63, 3.8) is 0 Å². The Balaban J connectivity index is 2.38. The second-order valence-electron chi connectivity index (χ2n) is 5.28. The predicted molar refractivity (Wildman–Crippen MR) is 66.4 cm³/mol. The summed E-state index contributed by atoms with van der Waals surface area (Å²) in [6.07, 6.45) is 3.95. The molecule has 0 aromatic carbocycles. The molecule has 0 radical (unpaired) electrons. The minimum absolute atomic E-state index is 0.0871. The van der Waals surface area contributed by atoms with Crippen molar-refractivity contribution < 1.29 is 9.84 Å². The van der Waals surface area contributed by atoms with Crippen LogP contribution in [0.5, 0.6) is 0 Å². The molecular weight excluding hydrogens is 208 g/mol. The zero-order chi connectivity index (χ0) is 11.5. The summed E-state index contributed by atoms with van der Waals surface area (Å²) in [4.78, 5) is 0. The van der Waals surface area contributed by atoms with Crippen LogP contribution >= 0.6 is 11.8 Å². The lowest BCUT2D eigenvalue weighted by molar-refractivity contribution is -0.000619. The van der Waals surface area contributed by atoms with Crippen LogP contribution in [0.1, 0.15) is 46.5 Å². The molecule has 3 heteroatoms. The van der Waals surface area contributed by atoms with Gasteiger partial charge in [-0.25, -0.2) is 0 Å². The van der Waals surface area contributed by atoms with Crippen molar-refractivity contribution in [2.45, 2.75) is 62.9 Å². The third kappa shape index (κ3) is 3.65. The highest BCUT2D eigenvalue weighted by Crippen LogP contribution is 2.42. The highest BCUT2D eigenvalue weighted by molar-refractivity contribution is 8.00. The molecule has 0 aromatic heterocycles. The van der Waals surface area contributed by atoms with E-state index >= 15 is 0 Å². The summed E-state index contributed by atoms with van der Waals surface area (Å²) in [7, 11) is 1.73. The van der Waals surface area contributed by atoms with Gasteiger partial charge in [0.1, 0.15) is 0 Å². The predicted octanol–water partition coefficient (Wildman–Crippen LogP) is 2.84. The van der Waals surface area contributed by atoms with Crippen molar-refractivity contribution >= 4 is 11.8 Å². The van der Waals surface area contributed by atoms with Crippen LogP contribution in [-0.2, 0) is 4.74 Å². The van der Waals surface area contributed by atoms with E-state index < -0.39 is 0 Å². The van der Waals surface area contributed by atoms with Gasteiger partial charge in [-0.1, -0.05) is 0 Å². The van der Waals surface area contributed by atoms with Crippen LogP contribution in [0.2, 0.25) is 0 Å². The molecule has 0 bridgehead atoms. The highest BCUT2D eigenvalue weighted by Gasteiger charge is 2.37. The van der Waals surface area contributed by atoms with E-state index in [2.05, 4.69) is 20.8 Å². The highest BCUT2D eigenvalue weighted by atomic mass is 32.2. The Hall–Kier alpha value is 0.270. The van der Waals surface area contributed by atoms with Gasteiger partial charge in [0, 0.05) is 11.9 Å². The molecule has 0 aromatic rings. The van der Waals surface area contributed by atoms with E-state index in [1.807, 2.05) is 11.8 Å². The first kappa shape index (κ1) is 13.3. The van der Waals surface area contributed by atoms with Crippen LogP contribution in [0.4, 0.5) is 0 Å². The van der Waals surface area contributed by atoms with E-state index in [1.54, 1.807) is 7.11 Å². The fourth-order valence-corrected chi connectivity index (χ4v) is 3.31. The van der Waals surface area contributed by atoms with Crippen LogP contribution in [-0.4, -0.2) is 34.4 Å². The van der Waals surface area contributed by atoms with Crippen molar-refractivity contribution in [1.82, 2.24) is 0 Å². The molecule has 1 aliphatic heterocycles. The van der Waals surface area contributed by atoms with Gasteiger partial charge in [-0.15, -0.1) is 0 Å². The van der Waals surface area contributed by atoms with Crippen molar-refractivity contribution in [3.8, 4) is 0 Å². The maximum Gasteiger partial charge on any atom is 0.0685 e. The zero-order valence-corrected chi connectivity index (χ0v) is 11.2. The molecule has 2 unspecified atom stereocenters. The summed E-state index contributed by atoms with van der Waals surface area (Å²) >= 11 is 1.92. The van der Waals surface area contributed by atoms with E-state index in [1.165, 1.54) is 12.2 Å². The number of thioether (sulfide) groups is 1. The summed E-state index contributed by atoms with van der Waals surface area (Å²) in [6, 6.07) is 0. The molecule has 0 saturated carbocycles. The first-order chi connectivity index (χ1) is 6.90. The summed E-state index contributed by atoms with van der Waals surface area (Å²) < 4.78 is 5.45. The number of aliphatic hydroxyl groups excluding tert-OH is 1. The van der Waals surface area contributed by atoms with Crippen LogP contribution in [0.3, 0.4) is 0 Å². The van der Waals surface area contributed by atoms with Gasteiger partial charge in [-0.2, -0.15) is 11.8 Å². The molecule has 1 fully saturated rings. The second kappa shape index (κ2) is 5.07. The number of aliphatic hydroxyl groups is 1. The minimum Gasteiger partial charge on any atom is -0.392 e. The molecule has 0 spiro atoms. The minimum atomic E-state index is -0.195. The Morgan fingerprint density at radius 3 is 2.67 bits per heavy atom. The van der Waals surface area contributed by atoms with E-state index in [0.717, 1.165) is 19.3 Å². The molecule has 1 rings (SSSR count). The maximum atomic E-state index is 10.2. The summed E-state index contributed by atoms with van der Waals surface area (Å²) in [5.74, 6) is 1.20. The van der Waals surface area contributed by atoms with E-state index in [-0.39, 0.29) is 16.5 Å². The monoisotopic (exact) mass is 232 g/mol. The van der Waals surface area contributed by atoms with Crippen molar-refractivity contribution in [2.24, 2.45) is 0 Å². The third-order valence-corrected chi connectivity index (χ3v) is 5.16. The van der Waals surface area contributed by atoms with E-state index in [0.29, 0.717) is 0 Å². The lowest BCUT2D eigenvalue weighted by Crippen LogP contribution is -2.35. The second-order valence-corrected chi connectivity index (χ2v) is 6.91. The fraction of sp³-hybridized carbons (Fsp3) is 1.00. The molecular formula is C12H24O2S. The van der Waals surface area contributed by atoms with Gasteiger partial charge < -0.3 is 9.84 Å². The molecule has 2 atom stereocenters. The Labute approximate surface area is 97.8 Å². The number of hydrogen-bond acceptors (Lipinski definition) is 3. The number of hydrogen-bond donors (Lipinski definition) is 1. The average molecular weight is 232 g/mol. The molecule has 0 amide bonds. The zero-order valence-electron chi connectivity index (χ0n) is 10.4. The van der Waals surface area contributed by atoms with Crippen LogP contribution in [0.25, 0.3) is 0 Å².